The number of hydrogen-bond donors (Lipinski definition) is 0. The predicted molar refractivity (Wildman–Crippen MR) is 123 cm³/mol. The molecule has 2 aromatic carbocycles. The van der Waals surface area contributed by atoms with E-state index < -0.39 is 0 Å². The Morgan fingerprint density at radius 2 is 1.65 bits per heavy atom. The summed E-state index contributed by atoms with van der Waals surface area (Å²) < 4.78 is 17.2. The van der Waals surface area contributed by atoms with Crippen LogP contribution in [0.4, 0.5) is 0 Å². The molecule has 1 aliphatic heterocycles. The normalized spacial score (nSPS) is 15.3. The van der Waals surface area contributed by atoms with Crippen LogP contribution in [0.25, 0.3) is 22.1 Å². The van der Waals surface area contributed by atoms with E-state index in [1.807, 2.05) is 43.3 Å². The first-order valence-electron chi connectivity index (χ1n) is 10.9. The van der Waals surface area contributed by atoms with Crippen molar-refractivity contribution in [3.05, 3.63) is 58.4 Å². The zero-order valence-electron chi connectivity index (χ0n) is 18.5. The van der Waals surface area contributed by atoms with Gasteiger partial charge in [0.1, 0.15) is 29.4 Å². The number of likely N-dealkylation sites (N-methyl/N-ethyl adjacent to an activating group) is 1. The zero-order valence-corrected chi connectivity index (χ0v) is 18.5. The Labute approximate surface area is 183 Å². The summed E-state index contributed by atoms with van der Waals surface area (Å²) in [7, 11) is 1.62. The van der Waals surface area contributed by atoms with Crippen molar-refractivity contribution >= 4 is 11.0 Å². The Balaban J connectivity index is 1.47. The first kappa shape index (κ1) is 21.4. The molecule has 0 radical (unpaired) electrons. The Kier molecular flexibility index (Phi) is 6.59. The number of piperazine rings is 1. The molecule has 0 amide bonds. The number of hydrogen-bond acceptors (Lipinski definition) is 6. The highest BCUT2D eigenvalue weighted by atomic mass is 16.5. The second kappa shape index (κ2) is 9.54. The van der Waals surface area contributed by atoms with Gasteiger partial charge in [0, 0.05) is 38.8 Å². The van der Waals surface area contributed by atoms with Crippen LogP contribution in [0.2, 0.25) is 0 Å². The monoisotopic (exact) mass is 422 g/mol. The lowest BCUT2D eigenvalue weighted by molar-refractivity contribution is 0.121. The molecule has 6 nitrogen and oxygen atoms in total. The molecule has 0 spiro atoms. The Morgan fingerprint density at radius 3 is 2.32 bits per heavy atom. The summed E-state index contributed by atoms with van der Waals surface area (Å²) in [4.78, 5) is 18.0. The smallest absolute Gasteiger partial charge is 0.200 e. The number of fused-ring (bicyclic) bond motifs is 1. The molecule has 0 bridgehead atoms. The van der Waals surface area contributed by atoms with E-state index in [-0.39, 0.29) is 5.43 Å². The minimum absolute atomic E-state index is 0.0377. The molecule has 0 saturated carbocycles. The Hall–Kier alpha value is -2.83. The van der Waals surface area contributed by atoms with Gasteiger partial charge >= 0.3 is 0 Å². The molecule has 3 aromatic rings. The fourth-order valence-electron chi connectivity index (χ4n) is 4.09. The molecule has 2 heterocycles. The minimum atomic E-state index is -0.0377. The lowest BCUT2D eigenvalue weighted by Crippen LogP contribution is -2.47. The van der Waals surface area contributed by atoms with Gasteiger partial charge in [0.15, 0.2) is 0 Å². The lowest BCUT2D eigenvalue weighted by atomic mass is 10.0. The van der Waals surface area contributed by atoms with Gasteiger partial charge < -0.3 is 18.8 Å². The first-order chi connectivity index (χ1) is 15.1. The van der Waals surface area contributed by atoms with Crippen molar-refractivity contribution in [1.29, 1.82) is 0 Å². The fraction of sp³-hybridized carbons (Fsp3) is 0.400. The molecule has 1 saturated heterocycles. The molecule has 31 heavy (non-hydrogen) atoms. The molecular weight excluding hydrogens is 392 g/mol. The molecule has 0 unspecified atom stereocenters. The average molecular weight is 423 g/mol. The maximum Gasteiger partial charge on any atom is 0.200 e. The quantitative estimate of drug-likeness (QED) is 0.577. The van der Waals surface area contributed by atoms with Gasteiger partial charge in [-0.3, -0.25) is 9.69 Å². The largest absolute Gasteiger partial charge is 0.497 e. The van der Waals surface area contributed by atoms with Gasteiger partial charge in [0.25, 0.3) is 0 Å². The van der Waals surface area contributed by atoms with Crippen LogP contribution >= 0.6 is 0 Å². The first-order valence-corrected chi connectivity index (χ1v) is 10.9. The van der Waals surface area contributed by atoms with Crippen LogP contribution in [0, 0.1) is 6.92 Å². The van der Waals surface area contributed by atoms with Crippen molar-refractivity contribution in [2.75, 3.05) is 53.0 Å². The van der Waals surface area contributed by atoms with Crippen LogP contribution < -0.4 is 14.9 Å². The van der Waals surface area contributed by atoms with E-state index in [1.165, 1.54) is 0 Å². The highest BCUT2D eigenvalue weighted by Crippen LogP contribution is 2.27. The van der Waals surface area contributed by atoms with Gasteiger partial charge in [-0.05, 0) is 43.3 Å². The summed E-state index contributed by atoms with van der Waals surface area (Å²) >= 11 is 0. The van der Waals surface area contributed by atoms with Gasteiger partial charge in [-0.25, -0.2) is 0 Å². The van der Waals surface area contributed by atoms with Crippen LogP contribution in [-0.2, 0) is 0 Å². The van der Waals surface area contributed by atoms with Gasteiger partial charge in [-0.15, -0.1) is 0 Å². The SMILES string of the molecule is CCN1CCN(CCOc2ccc3c(=O)c(-c4ccc(OC)cc4)c(C)oc3c2)CC1. The number of ether oxygens (including phenoxy) is 2. The van der Waals surface area contributed by atoms with Crippen molar-refractivity contribution < 1.29 is 13.9 Å². The van der Waals surface area contributed by atoms with Crippen molar-refractivity contribution in [2.24, 2.45) is 0 Å². The molecule has 1 fully saturated rings. The Morgan fingerprint density at radius 1 is 0.968 bits per heavy atom. The van der Waals surface area contributed by atoms with E-state index in [1.54, 1.807) is 13.2 Å². The second-order valence-electron chi connectivity index (χ2n) is 7.87. The third kappa shape index (κ3) is 4.75. The molecule has 0 aliphatic carbocycles. The maximum atomic E-state index is 13.1. The number of nitrogens with zero attached hydrogens (tertiary/aromatic N) is 2. The number of benzene rings is 2. The molecule has 0 N–H and O–H groups in total. The molecule has 164 valence electrons. The van der Waals surface area contributed by atoms with Gasteiger partial charge in [0.05, 0.1) is 18.1 Å². The third-order valence-electron chi connectivity index (χ3n) is 6.01. The third-order valence-corrected chi connectivity index (χ3v) is 6.01. The van der Waals surface area contributed by atoms with Gasteiger partial charge in [0.2, 0.25) is 5.43 Å². The van der Waals surface area contributed by atoms with Crippen molar-refractivity contribution in [2.45, 2.75) is 13.8 Å². The van der Waals surface area contributed by atoms with E-state index in [9.17, 15) is 4.79 Å². The van der Waals surface area contributed by atoms with Crippen LogP contribution in [0.15, 0.2) is 51.7 Å². The fourth-order valence-corrected chi connectivity index (χ4v) is 4.09. The standard InChI is InChI=1S/C25H30N2O4/c1-4-26-11-13-27(14-12-26)15-16-30-21-9-10-22-23(17-21)31-18(2)24(25(22)28)19-5-7-20(29-3)8-6-19/h5-10,17H,4,11-16H2,1-3H3. The van der Waals surface area contributed by atoms with Crippen molar-refractivity contribution in [1.82, 2.24) is 9.80 Å². The summed E-state index contributed by atoms with van der Waals surface area (Å²) in [6.07, 6.45) is 0. The summed E-state index contributed by atoms with van der Waals surface area (Å²) in [6, 6.07) is 12.9. The highest BCUT2D eigenvalue weighted by Gasteiger charge is 2.16. The molecule has 6 heteroatoms. The van der Waals surface area contributed by atoms with Crippen LogP contribution in [0.3, 0.4) is 0 Å². The van der Waals surface area contributed by atoms with Crippen LogP contribution in [-0.4, -0.2) is 62.8 Å². The summed E-state index contributed by atoms with van der Waals surface area (Å²) in [5.74, 6) is 2.06. The van der Waals surface area contributed by atoms with Gasteiger partial charge in [-0.2, -0.15) is 0 Å². The van der Waals surface area contributed by atoms with Crippen LogP contribution in [0.5, 0.6) is 11.5 Å². The molecule has 1 aliphatic rings. The molecule has 1 aromatic heterocycles. The minimum Gasteiger partial charge on any atom is -0.497 e. The topological polar surface area (TPSA) is 55.2 Å². The Bertz CT molecular complexity index is 1080. The van der Waals surface area contributed by atoms with Gasteiger partial charge in [-0.1, -0.05) is 19.1 Å². The summed E-state index contributed by atoms with van der Waals surface area (Å²) in [6.45, 7) is 11.1. The van der Waals surface area contributed by atoms with E-state index in [2.05, 4.69) is 16.7 Å². The zero-order chi connectivity index (χ0) is 21.8. The molecule has 4 rings (SSSR count). The summed E-state index contributed by atoms with van der Waals surface area (Å²) in [5.41, 5.74) is 1.91. The maximum absolute atomic E-state index is 13.1. The van der Waals surface area contributed by atoms with E-state index in [0.717, 1.165) is 56.3 Å². The molecular formula is C25H30N2O4. The van der Waals surface area contributed by atoms with Crippen molar-refractivity contribution in [3.8, 4) is 22.6 Å². The number of rotatable bonds is 7. The van der Waals surface area contributed by atoms with E-state index in [4.69, 9.17) is 13.9 Å². The number of methoxy groups -OCH3 is 1. The second-order valence-corrected chi connectivity index (χ2v) is 7.87. The molecule has 0 atom stereocenters. The average Bonchev–Trinajstić information content (AvgIpc) is 2.80. The predicted octanol–water partition coefficient (Wildman–Crippen LogP) is 3.79. The van der Waals surface area contributed by atoms with E-state index >= 15 is 0 Å². The highest BCUT2D eigenvalue weighted by molar-refractivity contribution is 5.83. The lowest BCUT2D eigenvalue weighted by Gasteiger charge is -2.33. The van der Waals surface area contributed by atoms with Crippen molar-refractivity contribution in [3.63, 3.8) is 0 Å². The number of aryl methyl sites for hydroxylation is 1. The van der Waals surface area contributed by atoms with Crippen LogP contribution in [0.1, 0.15) is 12.7 Å². The summed E-state index contributed by atoms with van der Waals surface area (Å²) in [5, 5.41) is 0.555. The van der Waals surface area contributed by atoms with E-state index in [0.29, 0.717) is 28.9 Å².